The van der Waals surface area contributed by atoms with Crippen molar-refractivity contribution in [2.45, 2.75) is 6.92 Å². The Balaban J connectivity index is 2.34. The second-order valence-corrected chi connectivity index (χ2v) is 3.51. The molecule has 0 aliphatic rings. The molecule has 0 aliphatic heterocycles. The highest BCUT2D eigenvalue weighted by atomic mass is 19.1. The van der Waals surface area contributed by atoms with Crippen LogP contribution < -0.4 is 4.74 Å². The average Bonchev–Trinajstić information content (AvgIpc) is 2.39. The van der Waals surface area contributed by atoms with Crippen molar-refractivity contribution in [3.63, 3.8) is 0 Å². The highest BCUT2D eigenvalue weighted by Crippen LogP contribution is 2.15. The molecule has 18 heavy (non-hydrogen) atoms. The Hall–Kier alpha value is -2.30. The third kappa shape index (κ3) is 2.51. The summed E-state index contributed by atoms with van der Waals surface area (Å²) in [6, 6.07) is 4.15. The van der Waals surface area contributed by atoms with Crippen LogP contribution in [0.2, 0.25) is 0 Å². The zero-order valence-electron chi connectivity index (χ0n) is 9.76. The molecular weight excluding hydrogens is 235 g/mol. The smallest absolute Gasteiger partial charge is 0.216 e. The van der Waals surface area contributed by atoms with E-state index < -0.39 is 11.6 Å². The molecule has 0 aliphatic carbocycles. The Morgan fingerprint density at radius 1 is 1.44 bits per heavy atom. The fourth-order valence-electron chi connectivity index (χ4n) is 1.48. The van der Waals surface area contributed by atoms with Gasteiger partial charge in [0.25, 0.3) is 0 Å². The molecule has 2 aromatic rings. The van der Waals surface area contributed by atoms with Gasteiger partial charge in [0, 0.05) is 18.0 Å². The number of ether oxygens (including phenoxy) is 1. The lowest BCUT2D eigenvalue weighted by Crippen LogP contribution is -2.07. The molecule has 0 saturated carbocycles. The predicted octanol–water partition coefficient (Wildman–Crippen LogP) is 2.25. The minimum Gasteiger partial charge on any atom is -0.492 e. The highest BCUT2D eigenvalue weighted by molar-refractivity contribution is 6.07. The molecule has 0 amide bonds. The predicted molar refractivity (Wildman–Crippen MR) is 63.0 cm³/mol. The minimum atomic E-state index is -0.649. The summed E-state index contributed by atoms with van der Waals surface area (Å²) >= 11 is 0. The van der Waals surface area contributed by atoms with Crippen molar-refractivity contribution < 1.29 is 13.9 Å². The SMILES string of the molecule is CCOc1cncc(C(=O)c2ncccc2F)c1. The standard InChI is InChI=1S/C13H11FN2O2/c1-2-18-10-6-9(7-15-8-10)13(17)12-11(14)4-3-5-16-12/h3-8H,2H2,1H3. The molecule has 92 valence electrons. The van der Waals surface area contributed by atoms with Gasteiger partial charge in [0.05, 0.1) is 12.8 Å². The number of hydrogen-bond donors (Lipinski definition) is 0. The lowest BCUT2D eigenvalue weighted by Gasteiger charge is -2.05. The van der Waals surface area contributed by atoms with Crippen LogP contribution in [0.5, 0.6) is 5.75 Å². The molecule has 0 bridgehead atoms. The lowest BCUT2D eigenvalue weighted by atomic mass is 10.1. The molecule has 2 rings (SSSR count). The summed E-state index contributed by atoms with van der Waals surface area (Å²) in [7, 11) is 0. The molecular formula is C13H11FN2O2. The molecule has 0 unspecified atom stereocenters. The van der Waals surface area contributed by atoms with E-state index in [4.69, 9.17) is 4.74 Å². The Morgan fingerprint density at radius 3 is 3.00 bits per heavy atom. The van der Waals surface area contributed by atoms with Gasteiger partial charge in [-0.1, -0.05) is 0 Å². The molecule has 0 saturated heterocycles. The van der Waals surface area contributed by atoms with Crippen LogP contribution in [-0.4, -0.2) is 22.4 Å². The van der Waals surface area contributed by atoms with E-state index in [0.29, 0.717) is 12.4 Å². The van der Waals surface area contributed by atoms with Crippen molar-refractivity contribution in [3.05, 3.63) is 53.9 Å². The number of ketones is 1. The first-order valence-corrected chi connectivity index (χ1v) is 5.45. The van der Waals surface area contributed by atoms with Crippen LogP contribution in [0.1, 0.15) is 23.0 Å². The third-order valence-electron chi connectivity index (χ3n) is 2.26. The minimum absolute atomic E-state index is 0.215. The molecule has 4 nitrogen and oxygen atoms in total. The van der Waals surface area contributed by atoms with Crippen molar-refractivity contribution in [1.82, 2.24) is 9.97 Å². The molecule has 2 heterocycles. The van der Waals surface area contributed by atoms with Gasteiger partial charge in [0.15, 0.2) is 5.82 Å². The summed E-state index contributed by atoms with van der Waals surface area (Å²) < 4.78 is 18.7. The van der Waals surface area contributed by atoms with E-state index in [1.165, 1.54) is 36.8 Å². The normalized spacial score (nSPS) is 10.1. The summed E-state index contributed by atoms with van der Waals surface area (Å²) in [6.07, 6.45) is 4.23. The van der Waals surface area contributed by atoms with Crippen LogP contribution >= 0.6 is 0 Å². The monoisotopic (exact) mass is 246 g/mol. The van der Waals surface area contributed by atoms with Gasteiger partial charge >= 0.3 is 0 Å². The second-order valence-electron chi connectivity index (χ2n) is 3.51. The number of nitrogens with zero attached hydrogens (tertiary/aromatic N) is 2. The zero-order chi connectivity index (χ0) is 13.0. The Morgan fingerprint density at radius 2 is 2.28 bits per heavy atom. The summed E-state index contributed by atoms with van der Waals surface area (Å²) in [5.74, 6) is -0.689. The van der Waals surface area contributed by atoms with Gasteiger partial charge in [-0.25, -0.2) is 9.37 Å². The maximum absolute atomic E-state index is 13.4. The van der Waals surface area contributed by atoms with Crippen LogP contribution in [0, 0.1) is 5.82 Å². The van der Waals surface area contributed by atoms with Crippen LogP contribution in [0.4, 0.5) is 4.39 Å². The number of carbonyl (C=O) groups is 1. The number of pyridine rings is 2. The molecule has 0 N–H and O–H groups in total. The van der Waals surface area contributed by atoms with E-state index in [2.05, 4.69) is 9.97 Å². The number of aromatic nitrogens is 2. The van der Waals surface area contributed by atoms with E-state index in [1.807, 2.05) is 6.92 Å². The summed E-state index contributed by atoms with van der Waals surface area (Å²) in [6.45, 7) is 2.30. The molecule has 2 aromatic heterocycles. The van der Waals surface area contributed by atoms with Crippen LogP contribution in [-0.2, 0) is 0 Å². The maximum atomic E-state index is 13.4. The van der Waals surface area contributed by atoms with Crippen LogP contribution in [0.3, 0.4) is 0 Å². The van der Waals surface area contributed by atoms with E-state index in [0.717, 1.165) is 0 Å². The maximum Gasteiger partial charge on any atom is 0.216 e. The summed E-state index contributed by atoms with van der Waals surface area (Å²) in [5, 5.41) is 0. The lowest BCUT2D eigenvalue weighted by molar-refractivity contribution is 0.102. The van der Waals surface area contributed by atoms with Gasteiger partial charge in [-0.05, 0) is 25.1 Å². The van der Waals surface area contributed by atoms with E-state index in [-0.39, 0.29) is 11.3 Å². The molecule has 0 atom stereocenters. The van der Waals surface area contributed by atoms with Gasteiger partial charge in [-0.3, -0.25) is 9.78 Å². The fourth-order valence-corrected chi connectivity index (χ4v) is 1.48. The Kier molecular flexibility index (Phi) is 3.62. The van der Waals surface area contributed by atoms with E-state index >= 15 is 0 Å². The van der Waals surface area contributed by atoms with Gasteiger partial charge in [0.2, 0.25) is 5.78 Å². The van der Waals surface area contributed by atoms with Crippen LogP contribution in [0.25, 0.3) is 0 Å². The molecule has 0 radical (unpaired) electrons. The summed E-state index contributed by atoms with van der Waals surface area (Å²) in [4.78, 5) is 19.6. The number of hydrogen-bond acceptors (Lipinski definition) is 4. The van der Waals surface area contributed by atoms with Gasteiger partial charge in [0.1, 0.15) is 11.4 Å². The van der Waals surface area contributed by atoms with Crippen molar-refractivity contribution in [2.75, 3.05) is 6.61 Å². The van der Waals surface area contributed by atoms with Crippen molar-refractivity contribution in [2.24, 2.45) is 0 Å². The van der Waals surface area contributed by atoms with E-state index in [9.17, 15) is 9.18 Å². The van der Waals surface area contributed by atoms with Crippen molar-refractivity contribution in [3.8, 4) is 5.75 Å². The molecule has 0 aromatic carbocycles. The molecule has 0 spiro atoms. The van der Waals surface area contributed by atoms with Gasteiger partial charge in [-0.2, -0.15) is 0 Å². The third-order valence-corrected chi connectivity index (χ3v) is 2.26. The second kappa shape index (κ2) is 5.35. The number of halogens is 1. The van der Waals surface area contributed by atoms with Crippen molar-refractivity contribution in [1.29, 1.82) is 0 Å². The van der Waals surface area contributed by atoms with Gasteiger partial charge < -0.3 is 4.74 Å². The topological polar surface area (TPSA) is 52.1 Å². The van der Waals surface area contributed by atoms with Crippen molar-refractivity contribution >= 4 is 5.78 Å². The fraction of sp³-hybridized carbons (Fsp3) is 0.154. The highest BCUT2D eigenvalue weighted by Gasteiger charge is 2.16. The number of rotatable bonds is 4. The Labute approximate surface area is 103 Å². The first-order chi connectivity index (χ1) is 8.72. The number of carbonyl (C=O) groups excluding carboxylic acids is 1. The Bertz CT molecular complexity index is 572. The summed E-state index contributed by atoms with van der Waals surface area (Å²) in [5.41, 5.74) is 0.0338. The quantitative estimate of drug-likeness (QED) is 0.776. The average molecular weight is 246 g/mol. The molecule has 5 heteroatoms. The van der Waals surface area contributed by atoms with Crippen LogP contribution in [0.15, 0.2) is 36.8 Å². The zero-order valence-corrected chi connectivity index (χ0v) is 9.76. The first kappa shape index (κ1) is 12.2. The molecule has 0 fully saturated rings. The van der Waals surface area contributed by atoms with Gasteiger partial charge in [-0.15, -0.1) is 0 Å². The first-order valence-electron chi connectivity index (χ1n) is 5.45. The largest absolute Gasteiger partial charge is 0.492 e. The van der Waals surface area contributed by atoms with E-state index in [1.54, 1.807) is 0 Å².